The molecule has 1 aromatic rings. The fourth-order valence-corrected chi connectivity index (χ4v) is 1.62. The van der Waals surface area contributed by atoms with Gasteiger partial charge in [0.2, 0.25) is 0 Å². The normalized spacial score (nSPS) is 11.6. The quantitative estimate of drug-likeness (QED) is 0.795. The molecular formula is C13H18FNO. The Morgan fingerprint density at radius 3 is 2.56 bits per heavy atom. The summed E-state index contributed by atoms with van der Waals surface area (Å²) in [6.07, 6.45) is 0. The van der Waals surface area contributed by atoms with Gasteiger partial charge in [0.1, 0.15) is 5.82 Å². The molecule has 0 bridgehead atoms. The maximum absolute atomic E-state index is 13.3. The number of carbonyl (C=O) groups excluding carboxylic acids is 1. The van der Waals surface area contributed by atoms with Crippen LogP contribution in [0.1, 0.15) is 36.7 Å². The zero-order valence-corrected chi connectivity index (χ0v) is 10.2. The summed E-state index contributed by atoms with van der Waals surface area (Å²) in [5, 5.41) is 3.08. The van der Waals surface area contributed by atoms with Crippen LogP contribution in [0.3, 0.4) is 0 Å². The molecule has 3 heteroatoms. The van der Waals surface area contributed by atoms with Gasteiger partial charge in [-0.2, -0.15) is 0 Å². The second-order valence-electron chi connectivity index (χ2n) is 4.45. The summed E-state index contributed by atoms with van der Waals surface area (Å²) in [7, 11) is 0. The molecule has 0 radical (unpaired) electrons. The smallest absolute Gasteiger partial charge is 0.182 e. The minimum absolute atomic E-state index is 0.0896. The Hall–Kier alpha value is -1.22. The van der Waals surface area contributed by atoms with Gasteiger partial charge >= 0.3 is 0 Å². The average molecular weight is 223 g/mol. The Morgan fingerprint density at radius 2 is 2.06 bits per heavy atom. The van der Waals surface area contributed by atoms with Crippen molar-refractivity contribution in [3.63, 3.8) is 0 Å². The van der Waals surface area contributed by atoms with Crippen LogP contribution in [-0.4, -0.2) is 17.9 Å². The topological polar surface area (TPSA) is 29.1 Å². The molecule has 0 saturated carbocycles. The first kappa shape index (κ1) is 12.8. The van der Waals surface area contributed by atoms with Gasteiger partial charge in [-0.1, -0.05) is 19.1 Å². The lowest BCUT2D eigenvalue weighted by Gasteiger charge is -2.24. The predicted molar refractivity (Wildman–Crippen MR) is 63.2 cm³/mol. The van der Waals surface area contributed by atoms with Gasteiger partial charge in [0.25, 0.3) is 0 Å². The zero-order chi connectivity index (χ0) is 12.3. The number of hydrogen-bond donors (Lipinski definition) is 1. The lowest BCUT2D eigenvalue weighted by atomic mass is 9.92. The van der Waals surface area contributed by atoms with Crippen LogP contribution in [0.25, 0.3) is 0 Å². The van der Waals surface area contributed by atoms with E-state index < -0.39 is 5.54 Å². The molecule has 0 atom stereocenters. The fourth-order valence-electron chi connectivity index (χ4n) is 1.62. The second-order valence-corrected chi connectivity index (χ2v) is 4.45. The van der Waals surface area contributed by atoms with Gasteiger partial charge in [0.05, 0.1) is 5.54 Å². The van der Waals surface area contributed by atoms with E-state index in [0.717, 1.165) is 0 Å². The highest BCUT2D eigenvalue weighted by Crippen LogP contribution is 2.16. The van der Waals surface area contributed by atoms with Crippen LogP contribution in [0.2, 0.25) is 0 Å². The van der Waals surface area contributed by atoms with Crippen LogP contribution < -0.4 is 5.32 Å². The molecule has 0 aliphatic carbocycles. The van der Waals surface area contributed by atoms with E-state index in [1.165, 1.54) is 6.07 Å². The number of likely N-dealkylation sites (N-methyl/N-ethyl adjacent to an activating group) is 1. The van der Waals surface area contributed by atoms with E-state index >= 15 is 0 Å². The lowest BCUT2D eigenvalue weighted by molar-refractivity contribution is 0.0883. The van der Waals surface area contributed by atoms with Crippen LogP contribution in [0.4, 0.5) is 4.39 Å². The van der Waals surface area contributed by atoms with E-state index in [4.69, 9.17) is 0 Å². The Kier molecular flexibility index (Phi) is 3.81. The van der Waals surface area contributed by atoms with Crippen molar-refractivity contribution in [2.24, 2.45) is 0 Å². The summed E-state index contributed by atoms with van der Waals surface area (Å²) in [4.78, 5) is 12.1. The molecule has 16 heavy (non-hydrogen) atoms. The number of halogens is 1. The molecule has 0 unspecified atom stereocenters. The standard InChI is InChI=1S/C13H18FNO/c1-5-15-13(3,4)12(16)10-7-6-9(2)11(14)8-10/h6-8,15H,5H2,1-4H3. The van der Waals surface area contributed by atoms with Crippen molar-refractivity contribution in [2.45, 2.75) is 33.2 Å². The monoisotopic (exact) mass is 223 g/mol. The summed E-state index contributed by atoms with van der Waals surface area (Å²) in [6.45, 7) is 7.92. The molecule has 0 fully saturated rings. The summed E-state index contributed by atoms with van der Waals surface area (Å²) in [5.74, 6) is -0.425. The maximum atomic E-state index is 13.3. The van der Waals surface area contributed by atoms with Gasteiger partial charge in [0, 0.05) is 5.56 Å². The van der Waals surface area contributed by atoms with Gasteiger partial charge in [-0.15, -0.1) is 0 Å². The van der Waals surface area contributed by atoms with Gasteiger partial charge in [-0.05, 0) is 38.9 Å². The third-order valence-electron chi connectivity index (χ3n) is 2.62. The van der Waals surface area contributed by atoms with Crippen molar-refractivity contribution < 1.29 is 9.18 Å². The van der Waals surface area contributed by atoms with Crippen molar-refractivity contribution in [3.05, 3.63) is 35.1 Å². The Morgan fingerprint density at radius 1 is 1.44 bits per heavy atom. The number of rotatable bonds is 4. The maximum Gasteiger partial charge on any atom is 0.182 e. The van der Waals surface area contributed by atoms with Crippen molar-refractivity contribution in [1.29, 1.82) is 0 Å². The van der Waals surface area contributed by atoms with Gasteiger partial charge < -0.3 is 5.32 Å². The second kappa shape index (κ2) is 4.74. The zero-order valence-electron chi connectivity index (χ0n) is 10.2. The number of aryl methyl sites for hydroxylation is 1. The molecule has 1 N–H and O–H groups in total. The number of ketones is 1. The molecular weight excluding hydrogens is 205 g/mol. The molecule has 88 valence electrons. The largest absolute Gasteiger partial charge is 0.305 e. The lowest BCUT2D eigenvalue weighted by Crippen LogP contribution is -2.46. The first-order chi connectivity index (χ1) is 7.38. The summed E-state index contributed by atoms with van der Waals surface area (Å²) in [6, 6.07) is 4.60. The van der Waals surface area contributed by atoms with E-state index in [9.17, 15) is 9.18 Å². The van der Waals surface area contributed by atoms with Gasteiger partial charge in [-0.3, -0.25) is 4.79 Å². The van der Waals surface area contributed by atoms with E-state index in [-0.39, 0.29) is 11.6 Å². The Balaban J connectivity index is 3.01. The van der Waals surface area contributed by atoms with Crippen molar-refractivity contribution >= 4 is 5.78 Å². The minimum Gasteiger partial charge on any atom is -0.305 e. The molecule has 1 rings (SSSR count). The van der Waals surface area contributed by atoms with Gasteiger partial charge in [-0.25, -0.2) is 4.39 Å². The van der Waals surface area contributed by atoms with Crippen molar-refractivity contribution in [3.8, 4) is 0 Å². The van der Waals surface area contributed by atoms with E-state index in [1.807, 2.05) is 6.92 Å². The first-order valence-electron chi connectivity index (χ1n) is 5.44. The number of benzene rings is 1. The molecule has 0 spiro atoms. The summed E-state index contributed by atoms with van der Waals surface area (Å²) >= 11 is 0. The van der Waals surface area contributed by atoms with Crippen molar-refractivity contribution in [1.82, 2.24) is 5.32 Å². The summed E-state index contributed by atoms with van der Waals surface area (Å²) in [5.41, 5.74) is 0.308. The third-order valence-corrected chi connectivity index (χ3v) is 2.62. The number of hydrogen-bond acceptors (Lipinski definition) is 2. The van der Waals surface area contributed by atoms with Crippen molar-refractivity contribution in [2.75, 3.05) is 6.54 Å². The predicted octanol–water partition coefficient (Wildman–Crippen LogP) is 2.70. The van der Waals surface area contributed by atoms with Crippen LogP contribution in [0.5, 0.6) is 0 Å². The number of Topliss-reactive ketones (excluding diaryl/α,β-unsaturated/α-hetero) is 1. The molecule has 0 amide bonds. The number of carbonyl (C=O) groups is 1. The highest BCUT2D eigenvalue weighted by molar-refractivity contribution is 6.02. The molecule has 0 aromatic heterocycles. The first-order valence-corrected chi connectivity index (χ1v) is 5.44. The highest BCUT2D eigenvalue weighted by Gasteiger charge is 2.27. The molecule has 0 heterocycles. The van der Waals surface area contributed by atoms with E-state index in [1.54, 1.807) is 32.9 Å². The highest BCUT2D eigenvalue weighted by atomic mass is 19.1. The van der Waals surface area contributed by atoms with Crippen LogP contribution in [-0.2, 0) is 0 Å². The van der Waals surface area contributed by atoms with E-state index in [2.05, 4.69) is 5.32 Å². The summed E-state index contributed by atoms with van der Waals surface area (Å²) < 4.78 is 13.3. The van der Waals surface area contributed by atoms with Crippen LogP contribution in [0, 0.1) is 12.7 Å². The molecule has 0 aliphatic heterocycles. The Labute approximate surface area is 95.9 Å². The molecule has 2 nitrogen and oxygen atoms in total. The molecule has 1 aromatic carbocycles. The molecule has 0 saturated heterocycles. The SMILES string of the molecule is CCNC(C)(C)C(=O)c1ccc(C)c(F)c1. The average Bonchev–Trinajstić information content (AvgIpc) is 2.21. The van der Waals surface area contributed by atoms with Crippen LogP contribution >= 0.6 is 0 Å². The van der Waals surface area contributed by atoms with Crippen LogP contribution in [0.15, 0.2) is 18.2 Å². The Bertz CT molecular complexity index is 399. The minimum atomic E-state index is -0.656. The third kappa shape index (κ3) is 2.67. The van der Waals surface area contributed by atoms with E-state index in [0.29, 0.717) is 17.7 Å². The molecule has 0 aliphatic rings. The fraction of sp³-hybridized carbons (Fsp3) is 0.462. The number of nitrogens with one attached hydrogen (secondary N) is 1. The van der Waals surface area contributed by atoms with Gasteiger partial charge in [0.15, 0.2) is 5.78 Å².